The second kappa shape index (κ2) is 6.91. The average molecular weight is 323 g/mol. The van der Waals surface area contributed by atoms with E-state index in [-0.39, 0.29) is 42.2 Å². The van der Waals surface area contributed by atoms with Gasteiger partial charge in [-0.2, -0.15) is 0 Å². The molecule has 2 fully saturated rings. The first kappa shape index (κ1) is 16.9. The van der Waals surface area contributed by atoms with E-state index in [0.29, 0.717) is 13.0 Å². The summed E-state index contributed by atoms with van der Waals surface area (Å²) in [7, 11) is 0. The molecular formula is C18H29NO4. The molecule has 5 atom stereocenters. The molecule has 0 bridgehead atoms. The first-order valence-corrected chi connectivity index (χ1v) is 8.90. The maximum atomic E-state index is 12.4. The van der Waals surface area contributed by atoms with Crippen molar-refractivity contribution in [1.82, 2.24) is 5.32 Å². The molecule has 0 saturated carbocycles. The summed E-state index contributed by atoms with van der Waals surface area (Å²) >= 11 is 0. The maximum absolute atomic E-state index is 12.4. The molecule has 0 aromatic rings. The van der Waals surface area contributed by atoms with Crippen molar-refractivity contribution in [2.45, 2.75) is 63.8 Å². The van der Waals surface area contributed by atoms with Crippen LogP contribution in [0, 0.1) is 11.8 Å². The van der Waals surface area contributed by atoms with Gasteiger partial charge in [0.15, 0.2) is 0 Å². The number of carbonyl (C=O) groups excluding carboxylic acids is 1. The van der Waals surface area contributed by atoms with Crippen molar-refractivity contribution in [3.8, 4) is 0 Å². The number of fused-ring (bicyclic) bond motifs is 3. The monoisotopic (exact) mass is 323 g/mol. The van der Waals surface area contributed by atoms with Crippen LogP contribution in [0.2, 0.25) is 0 Å². The molecule has 130 valence electrons. The van der Waals surface area contributed by atoms with E-state index in [1.165, 1.54) is 5.57 Å². The predicted octanol–water partition coefficient (Wildman–Crippen LogP) is 1.79. The summed E-state index contributed by atoms with van der Waals surface area (Å²) in [5.74, 6) is 0.0343. The van der Waals surface area contributed by atoms with E-state index in [2.05, 4.69) is 25.2 Å². The van der Waals surface area contributed by atoms with Crippen LogP contribution >= 0.6 is 0 Å². The summed E-state index contributed by atoms with van der Waals surface area (Å²) in [6.45, 7) is 5.85. The molecular weight excluding hydrogens is 294 g/mol. The van der Waals surface area contributed by atoms with E-state index in [1.807, 2.05) is 0 Å². The number of esters is 1. The van der Waals surface area contributed by atoms with Crippen LogP contribution in [-0.2, 0) is 14.3 Å². The van der Waals surface area contributed by atoms with Gasteiger partial charge in [-0.05, 0) is 52.5 Å². The Kier molecular flexibility index (Phi) is 5.09. The summed E-state index contributed by atoms with van der Waals surface area (Å²) in [5.41, 5.74) is 1.27. The quantitative estimate of drug-likeness (QED) is 0.349. The third-order valence-corrected chi connectivity index (χ3v) is 5.61. The number of aliphatic hydroxyl groups excluding tert-OH is 1. The lowest BCUT2D eigenvalue weighted by molar-refractivity contribution is -0.144. The van der Waals surface area contributed by atoms with Crippen molar-refractivity contribution in [2.24, 2.45) is 11.8 Å². The second-order valence-electron chi connectivity index (χ2n) is 7.43. The Morgan fingerprint density at radius 1 is 1.48 bits per heavy atom. The predicted molar refractivity (Wildman–Crippen MR) is 86.9 cm³/mol. The molecule has 3 aliphatic rings. The van der Waals surface area contributed by atoms with Crippen molar-refractivity contribution in [3.63, 3.8) is 0 Å². The highest BCUT2D eigenvalue weighted by molar-refractivity contribution is 5.75. The van der Waals surface area contributed by atoms with E-state index in [4.69, 9.17) is 14.6 Å². The molecule has 2 saturated heterocycles. The van der Waals surface area contributed by atoms with E-state index in [1.54, 1.807) is 0 Å². The van der Waals surface area contributed by atoms with Gasteiger partial charge in [0.05, 0.1) is 11.5 Å². The van der Waals surface area contributed by atoms with Gasteiger partial charge in [-0.3, -0.25) is 4.79 Å². The highest BCUT2D eigenvalue weighted by atomic mass is 16.6. The van der Waals surface area contributed by atoms with Crippen LogP contribution in [0.3, 0.4) is 0 Å². The number of allylic oxidation sites excluding steroid dienone is 2. The van der Waals surface area contributed by atoms with Gasteiger partial charge < -0.3 is 19.9 Å². The third-order valence-electron chi connectivity index (χ3n) is 5.61. The van der Waals surface area contributed by atoms with E-state index in [0.717, 1.165) is 32.2 Å². The summed E-state index contributed by atoms with van der Waals surface area (Å²) in [6.07, 6.45) is 7.02. The number of hydrogen-bond donors (Lipinski definition) is 2. The van der Waals surface area contributed by atoms with Crippen LogP contribution in [0.15, 0.2) is 11.6 Å². The highest BCUT2D eigenvalue weighted by Gasteiger charge is 2.62. The van der Waals surface area contributed by atoms with E-state index < -0.39 is 0 Å². The zero-order chi connectivity index (χ0) is 16.4. The standard InChI is InChI=1S/C18H29NO4/c1-12-5-3-8-18(2)16(23-18)15-13(7-6-12)14(17(21)22-15)11-19-9-4-10-20/h5,13-16,19-20H,3-4,6-11H2,1-2H3/b12-5+/t13-,14-,15-,16-,18+/m0/s1. The van der Waals surface area contributed by atoms with Gasteiger partial charge in [-0.15, -0.1) is 0 Å². The molecule has 2 heterocycles. The van der Waals surface area contributed by atoms with Crippen molar-refractivity contribution in [2.75, 3.05) is 19.7 Å². The van der Waals surface area contributed by atoms with Crippen molar-refractivity contribution < 1.29 is 19.4 Å². The lowest BCUT2D eigenvalue weighted by Crippen LogP contribution is -2.34. The first-order chi connectivity index (χ1) is 11.0. The molecule has 0 unspecified atom stereocenters. The number of hydrogen-bond acceptors (Lipinski definition) is 5. The van der Waals surface area contributed by atoms with Gasteiger partial charge in [-0.1, -0.05) is 11.6 Å². The van der Waals surface area contributed by atoms with Crippen molar-refractivity contribution >= 4 is 5.97 Å². The lowest BCUT2D eigenvalue weighted by atomic mass is 9.80. The summed E-state index contributed by atoms with van der Waals surface area (Å²) in [6, 6.07) is 0. The van der Waals surface area contributed by atoms with E-state index in [9.17, 15) is 4.79 Å². The summed E-state index contributed by atoms with van der Waals surface area (Å²) < 4.78 is 11.7. The fraction of sp³-hybridized carbons (Fsp3) is 0.833. The SMILES string of the molecule is C/C1=C\CC[C@@]2(C)O[C@H]2[C@H]2OC(=O)[C@@H](CNCCCO)[C@@H]2CC1. The zero-order valence-corrected chi connectivity index (χ0v) is 14.2. The average Bonchev–Trinajstić information content (AvgIpc) is 3.08. The van der Waals surface area contributed by atoms with Crippen LogP contribution in [-0.4, -0.2) is 48.6 Å². The van der Waals surface area contributed by atoms with Crippen LogP contribution in [0.4, 0.5) is 0 Å². The molecule has 0 amide bonds. The molecule has 0 aromatic heterocycles. The van der Waals surface area contributed by atoms with Crippen molar-refractivity contribution in [3.05, 3.63) is 11.6 Å². The molecule has 5 nitrogen and oxygen atoms in total. The van der Waals surface area contributed by atoms with Gasteiger partial charge in [0.25, 0.3) is 0 Å². The summed E-state index contributed by atoms with van der Waals surface area (Å²) in [5, 5.41) is 12.2. The topological polar surface area (TPSA) is 71.1 Å². The number of carbonyl (C=O) groups is 1. The Labute approximate surface area is 138 Å². The minimum atomic E-state index is -0.128. The smallest absolute Gasteiger partial charge is 0.311 e. The van der Waals surface area contributed by atoms with E-state index >= 15 is 0 Å². The molecule has 0 radical (unpaired) electrons. The Morgan fingerprint density at radius 2 is 2.30 bits per heavy atom. The van der Waals surface area contributed by atoms with Gasteiger partial charge in [0.2, 0.25) is 0 Å². The van der Waals surface area contributed by atoms with Gasteiger partial charge in [0, 0.05) is 19.1 Å². The third kappa shape index (κ3) is 3.62. The molecule has 23 heavy (non-hydrogen) atoms. The minimum absolute atomic E-state index is 0.0608. The summed E-state index contributed by atoms with van der Waals surface area (Å²) in [4.78, 5) is 12.4. The first-order valence-electron chi connectivity index (χ1n) is 8.90. The molecule has 3 rings (SSSR count). The normalized spacial score (nSPS) is 42.2. The minimum Gasteiger partial charge on any atom is -0.459 e. The van der Waals surface area contributed by atoms with Crippen LogP contribution < -0.4 is 5.32 Å². The highest BCUT2D eigenvalue weighted by Crippen LogP contribution is 2.50. The molecule has 5 heteroatoms. The largest absolute Gasteiger partial charge is 0.459 e. The molecule has 2 aliphatic heterocycles. The number of rotatable bonds is 5. The Morgan fingerprint density at radius 3 is 3.09 bits per heavy atom. The van der Waals surface area contributed by atoms with Crippen LogP contribution in [0.25, 0.3) is 0 Å². The van der Waals surface area contributed by atoms with Crippen LogP contribution in [0.1, 0.15) is 46.0 Å². The number of epoxide rings is 1. The fourth-order valence-electron chi connectivity index (χ4n) is 4.03. The van der Waals surface area contributed by atoms with Gasteiger partial charge >= 0.3 is 5.97 Å². The van der Waals surface area contributed by atoms with Crippen LogP contribution in [0.5, 0.6) is 0 Å². The Hall–Kier alpha value is -0.910. The number of nitrogens with one attached hydrogen (secondary N) is 1. The molecule has 0 spiro atoms. The Bertz CT molecular complexity index is 478. The molecule has 1 aliphatic carbocycles. The second-order valence-corrected chi connectivity index (χ2v) is 7.43. The van der Waals surface area contributed by atoms with Crippen molar-refractivity contribution in [1.29, 1.82) is 0 Å². The molecule has 2 N–H and O–H groups in total. The fourth-order valence-corrected chi connectivity index (χ4v) is 4.03. The molecule has 0 aromatic carbocycles. The zero-order valence-electron chi connectivity index (χ0n) is 14.2. The van der Waals surface area contributed by atoms with Gasteiger partial charge in [-0.25, -0.2) is 0 Å². The number of aliphatic hydroxyl groups is 1. The Balaban J connectivity index is 1.70. The van der Waals surface area contributed by atoms with Gasteiger partial charge in [0.1, 0.15) is 12.2 Å². The lowest BCUT2D eigenvalue weighted by Gasteiger charge is -2.22. The number of ether oxygens (including phenoxy) is 2. The maximum Gasteiger partial charge on any atom is 0.311 e.